The number of hydrogen-bond acceptors (Lipinski definition) is 4. The molecule has 7 heteroatoms. The fourth-order valence-electron chi connectivity index (χ4n) is 1.44. The SMILES string of the molecule is O=C(CNC(=S)Nc1ccncc1Cl)c1ccncc1. The number of aromatic nitrogens is 2. The van der Waals surface area contributed by atoms with E-state index in [2.05, 4.69) is 20.6 Å². The zero-order valence-electron chi connectivity index (χ0n) is 10.3. The fourth-order valence-corrected chi connectivity index (χ4v) is 1.79. The number of hydrogen-bond donors (Lipinski definition) is 2. The maximum atomic E-state index is 11.9. The van der Waals surface area contributed by atoms with E-state index in [0.29, 0.717) is 21.4 Å². The van der Waals surface area contributed by atoms with Crippen LogP contribution >= 0.6 is 23.8 Å². The summed E-state index contributed by atoms with van der Waals surface area (Å²) in [7, 11) is 0. The summed E-state index contributed by atoms with van der Waals surface area (Å²) in [5.41, 5.74) is 1.22. The Balaban J connectivity index is 1.87. The van der Waals surface area contributed by atoms with Gasteiger partial charge < -0.3 is 10.6 Å². The lowest BCUT2D eigenvalue weighted by Gasteiger charge is -2.10. The van der Waals surface area contributed by atoms with Crippen LogP contribution in [0.2, 0.25) is 5.02 Å². The standard InChI is InChI=1S/C13H11ClN4OS/c14-10-7-16-6-3-11(10)18-13(20)17-8-12(19)9-1-4-15-5-2-9/h1-7H,8H2,(H2,16,17,18,20). The average Bonchev–Trinajstić information content (AvgIpc) is 2.48. The van der Waals surface area contributed by atoms with Crippen LogP contribution in [-0.2, 0) is 0 Å². The van der Waals surface area contributed by atoms with Gasteiger partial charge >= 0.3 is 0 Å². The van der Waals surface area contributed by atoms with E-state index in [-0.39, 0.29) is 12.3 Å². The highest BCUT2D eigenvalue weighted by Gasteiger charge is 2.07. The molecule has 2 rings (SSSR count). The molecule has 20 heavy (non-hydrogen) atoms. The van der Waals surface area contributed by atoms with Gasteiger partial charge in [-0.3, -0.25) is 14.8 Å². The van der Waals surface area contributed by atoms with Gasteiger partial charge in [0.2, 0.25) is 0 Å². The Morgan fingerprint density at radius 2 is 1.90 bits per heavy atom. The maximum Gasteiger partial charge on any atom is 0.182 e. The van der Waals surface area contributed by atoms with Gasteiger partial charge in [-0.1, -0.05) is 11.6 Å². The summed E-state index contributed by atoms with van der Waals surface area (Å²) in [5.74, 6) is -0.0719. The van der Waals surface area contributed by atoms with Crippen LogP contribution < -0.4 is 10.6 Å². The Hall–Kier alpha value is -2.05. The molecule has 0 spiro atoms. The predicted octanol–water partition coefficient (Wildman–Crippen LogP) is 2.30. The van der Waals surface area contributed by atoms with Gasteiger partial charge in [0.15, 0.2) is 10.9 Å². The number of nitrogens with one attached hydrogen (secondary N) is 2. The number of ketones is 1. The van der Waals surface area contributed by atoms with Crippen LogP contribution in [-0.4, -0.2) is 27.4 Å². The van der Waals surface area contributed by atoms with Crippen molar-refractivity contribution >= 4 is 40.4 Å². The third-order valence-corrected chi connectivity index (χ3v) is 2.98. The molecule has 2 aromatic rings. The minimum atomic E-state index is -0.0719. The number of carbonyl (C=O) groups is 1. The number of carbonyl (C=O) groups excluding carboxylic acids is 1. The van der Waals surface area contributed by atoms with Crippen molar-refractivity contribution in [2.75, 3.05) is 11.9 Å². The summed E-state index contributed by atoms with van der Waals surface area (Å²) in [6.07, 6.45) is 6.24. The summed E-state index contributed by atoms with van der Waals surface area (Å²) in [6.45, 7) is 0.0958. The lowest BCUT2D eigenvalue weighted by Crippen LogP contribution is -2.33. The molecule has 2 heterocycles. The molecule has 0 aliphatic heterocycles. The molecule has 0 amide bonds. The molecule has 0 radical (unpaired) electrons. The molecule has 0 saturated heterocycles. The van der Waals surface area contributed by atoms with Crippen molar-refractivity contribution in [3.63, 3.8) is 0 Å². The lowest BCUT2D eigenvalue weighted by molar-refractivity contribution is 0.0996. The molecule has 0 fully saturated rings. The zero-order valence-corrected chi connectivity index (χ0v) is 11.9. The second-order valence-electron chi connectivity index (χ2n) is 3.82. The molecule has 0 atom stereocenters. The predicted molar refractivity (Wildman–Crippen MR) is 82.0 cm³/mol. The van der Waals surface area contributed by atoms with E-state index in [0.717, 1.165) is 0 Å². The maximum absolute atomic E-state index is 11.9. The van der Waals surface area contributed by atoms with Gasteiger partial charge in [0.1, 0.15) is 0 Å². The summed E-state index contributed by atoms with van der Waals surface area (Å²) in [5, 5.41) is 6.50. The molecule has 0 saturated carbocycles. The summed E-state index contributed by atoms with van der Waals surface area (Å²) in [4.78, 5) is 19.6. The van der Waals surface area contributed by atoms with E-state index in [1.807, 2.05) is 0 Å². The number of pyridine rings is 2. The van der Waals surface area contributed by atoms with E-state index in [1.165, 1.54) is 6.20 Å². The molecule has 0 unspecified atom stereocenters. The molecule has 0 aliphatic carbocycles. The van der Waals surface area contributed by atoms with E-state index >= 15 is 0 Å². The Morgan fingerprint density at radius 3 is 2.60 bits per heavy atom. The topological polar surface area (TPSA) is 66.9 Å². The van der Waals surface area contributed by atoms with Gasteiger partial charge in [0.05, 0.1) is 17.3 Å². The Morgan fingerprint density at radius 1 is 1.20 bits per heavy atom. The molecule has 0 aromatic carbocycles. The van der Waals surface area contributed by atoms with Crippen molar-refractivity contribution in [3.05, 3.63) is 53.6 Å². The van der Waals surface area contributed by atoms with E-state index in [1.54, 1.807) is 36.8 Å². The van der Waals surface area contributed by atoms with Gasteiger partial charge in [-0.2, -0.15) is 0 Å². The average molecular weight is 307 g/mol. The Labute approximate surface area is 126 Å². The van der Waals surface area contributed by atoms with Gasteiger partial charge in [-0.25, -0.2) is 0 Å². The monoisotopic (exact) mass is 306 g/mol. The Kier molecular flexibility index (Phi) is 4.97. The first kappa shape index (κ1) is 14.4. The number of rotatable bonds is 4. The van der Waals surface area contributed by atoms with Crippen molar-refractivity contribution < 1.29 is 4.79 Å². The molecule has 5 nitrogen and oxygen atoms in total. The van der Waals surface area contributed by atoms with Gasteiger partial charge in [-0.05, 0) is 30.4 Å². The zero-order chi connectivity index (χ0) is 14.4. The van der Waals surface area contributed by atoms with E-state index < -0.39 is 0 Å². The van der Waals surface area contributed by atoms with Crippen LogP contribution in [0.4, 0.5) is 5.69 Å². The van der Waals surface area contributed by atoms with Crippen molar-refractivity contribution in [1.29, 1.82) is 0 Å². The normalized spacial score (nSPS) is 9.85. The quantitative estimate of drug-likeness (QED) is 0.667. The molecule has 2 N–H and O–H groups in total. The van der Waals surface area contributed by atoms with Crippen LogP contribution in [0, 0.1) is 0 Å². The minimum Gasteiger partial charge on any atom is -0.355 e. The molecule has 102 valence electrons. The summed E-state index contributed by atoms with van der Waals surface area (Å²) < 4.78 is 0. The third-order valence-electron chi connectivity index (χ3n) is 2.43. The smallest absolute Gasteiger partial charge is 0.182 e. The van der Waals surface area contributed by atoms with Crippen molar-refractivity contribution in [2.24, 2.45) is 0 Å². The van der Waals surface area contributed by atoms with Gasteiger partial charge in [-0.15, -0.1) is 0 Å². The molecule has 2 aromatic heterocycles. The summed E-state index contributed by atoms with van der Waals surface area (Å²) >= 11 is 11.0. The minimum absolute atomic E-state index is 0.0719. The Bertz CT molecular complexity index is 621. The fraction of sp³-hybridized carbons (Fsp3) is 0.0769. The molecule has 0 aliphatic rings. The first-order valence-corrected chi connectivity index (χ1v) is 6.53. The number of anilines is 1. The third kappa shape index (κ3) is 3.97. The van der Waals surface area contributed by atoms with Crippen molar-refractivity contribution in [1.82, 2.24) is 15.3 Å². The summed E-state index contributed by atoms with van der Waals surface area (Å²) in [6, 6.07) is 5.00. The van der Waals surface area contributed by atoms with Crippen LogP contribution in [0.15, 0.2) is 43.0 Å². The van der Waals surface area contributed by atoms with Crippen LogP contribution in [0.3, 0.4) is 0 Å². The first-order valence-electron chi connectivity index (χ1n) is 5.74. The lowest BCUT2D eigenvalue weighted by atomic mass is 10.2. The van der Waals surface area contributed by atoms with Crippen molar-refractivity contribution in [2.45, 2.75) is 0 Å². The number of Topliss-reactive ketones (excluding diaryl/α,β-unsaturated/α-hetero) is 1. The number of nitrogens with zero attached hydrogens (tertiary/aromatic N) is 2. The van der Waals surface area contributed by atoms with Crippen LogP contribution in [0.1, 0.15) is 10.4 Å². The van der Waals surface area contributed by atoms with Gasteiger partial charge in [0.25, 0.3) is 0 Å². The molecular formula is C13H11ClN4OS. The molecular weight excluding hydrogens is 296 g/mol. The highest BCUT2D eigenvalue weighted by Crippen LogP contribution is 2.18. The van der Waals surface area contributed by atoms with E-state index in [9.17, 15) is 4.79 Å². The van der Waals surface area contributed by atoms with Crippen LogP contribution in [0.25, 0.3) is 0 Å². The second-order valence-corrected chi connectivity index (χ2v) is 4.64. The van der Waals surface area contributed by atoms with Gasteiger partial charge in [0, 0.05) is 30.4 Å². The number of halogens is 1. The second kappa shape index (κ2) is 6.93. The largest absolute Gasteiger partial charge is 0.355 e. The molecule has 0 bridgehead atoms. The first-order chi connectivity index (χ1) is 9.66. The van der Waals surface area contributed by atoms with Crippen LogP contribution in [0.5, 0.6) is 0 Å². The number of thiocarbonyl (C=S) groups is 1. The van der Waals surface area contributed by atoms with Crippen molar-refractivity contribution in [3.8, 4) is 0 Å². The van der Waals surface area contributed by atoms with E-state index in [4.69, 9.17) is 23.8 Å². The highest BCUT2D eigenvalue weighted by atomic mass is 35.5. The highest BCUT2D eigenvalue weighted by molar-refractivity contribution is 7.80.